The van der Waals surface area contributed by atoms with Crippen LogP contribution in [-0.2, 0) is 19.4 Å². The van der Waals surface area contributed by atoms with E-state index in [1.54, 1.807) is 0 Å². The maximum absolute atomic E-state index is 12.4. The van der Waals surface area contributed by atoms with Crippen LogP contribution in [0.4, 0.5) is 0 Å². The summed E-state index contributed by atoms with van der Waals surface area (Å²) in [5, 5.41) is 8.67. The highest BCUT2D eigenvalue weighted by Crippen LogP contribution is 2.57. The van der Waals surface area contributed by atoms with Gasteiger partial charge in [0, 0.05) is 5.92 Å². The van der Waals surface area contributed by atoms with Crippen LogP contribution >= 0.6 is 0 Å². The van der Waals surface area contributed by atoms with Crippen molar-refractivity contribution in [1.29, 1.82) is 5.26 Å². The molecule has 5 nitrogen and oxygen atoms in total. The molecule has 1 aromatic carbocycles. The minimum absolute atomic E-state index is 0.0721. The second-order valence-electron chi connectivity index (χ2n) is 4.53. The standard InChI is InChI=1S/C12H9NO4S/c13-6-8-1-3-10(4-2-8)18(15,16)12-5-9(12)7-17-11(12)14/h1-4,9H,5,7H2/t9-,12+/m0/s1. The molecule has 1 saturated heterocycles. The van der Waals surface area contributed by atoms with Gasteiger partial charge in [-0.25, -0.2) is 8.42 Å². The number of rotatable bonds is 2. The Balaban J connectivity index is 2.06. The van der Waals surface area contributed by atoms with Gasteiger partial charge in [-0.05, 0) is 30.7 Å². The largest absolute Gasteiger partial charge is 0.464 e. The molecule has 0 radical (unpaired) electrons. The molecule has 2 fully saturated rings. The lowest BCUT2D eigenvalue weighted by Crippen LogP contribution is -2.31. The average molecular weight is 263 g/mol. The molecule has 0 aromatic heterocycles. The fourth-order valence-electron chi connectivity index (χ4n) is 2.41. The van der Waals surface area contributed by atoms with Crippen molar-refractivity contribution >= 4 is 15.8 Å². The summed E-state index contributed by atoms with van der Waals surface area (Å²) in [5.41, 5.74) is 0.382. The fraction of sp³-hybridized carbons (Fsp3) is 0.333. The first-order valence-corrected chi connectivity index (χ1v) is 6.93. The maximum atomic E-state index is 12.4. The molecule has 1 heterocycles. The molecule has 92 valence electrons. The third-order valence-corrected chi connectivity index (χ3v) is 6.10. The van der Waals surface area contributed by atoms with Crippen LogP contribution < -0.4 is 0 Å². The van der Waals surface area contributed by atoms with E-state index in [0.29, 0.717) is 12.0 Å². The number of nitrogens with zero attached hydrogens (tertiary/aromatic N) is 1. The minimum Gasteiger partial charge on any atom is -0.464 e. The molecule has 0 amide bonds. The van der Waals surface area contributed by atoms with E-state index in [0.717, 1.165) is 0 Å². The van der Waals surface area contributed by atoms with Crippen molar-refractivity contribution in [1.82, 2.24) is 0 Å². The van der Waals surface area contributed by atoms with Crippen molar-refractivity contribution in [3.63, 3.8) is 0 Å². The second kappa shape index (κ2) is 3.33. The zero-order valence-corrected chi connectivity index (χ0v) is 10.1. The average Bonchev–Trinajstić information content (AvgIpc) is 3.05. The van der Waals surface area contributed by atoms with Crippen LogP contribution in [0.2, 0.25) is 0 Å². The summed E-state index contributed by atoms with van der Waals surface area (Å²) in [6.07, 6.45) is 0.341. The molecule has 1 aliphatic heterocycles. The van der Waals surface area contributed by atoms with Gasteiger partial charge < -0.3 is 4.74 Å². The van der Waals surface area contributed by atoms with Crippen molar-refractivity contribution in [2.24, 2.45) is 5.92 Å². The summed E-state index contributed by atoms with van der Waals surface area (Å²) in [6.45, 7) is 0.189. The van der Waals surface area contributed by atoms with E-state index in [4.69, 9.17) is 10.00 Å². The number of hydrogen-bond donors (Lipinski definition) is 0. The molecule has 3 rings (SSSR count). The molecule has 2 aliphatic rings. The van der Waals surface area contributed by atoms with Crippen LogP contribution in [0.1, 0.15) is 12.0 Å². The van der Waals surface area contributed by atoms with Gasteiger partial charge in [-0.15, -0.1) is 0 Å². The molecule has 1 saturated carbocycles. The summed E-state index contributed by atoms with van der Waals surface area (Å²) in [7, 11) is -3.72. The predicted octanol–water partition coefficient (Wildman–Crippen LogP) is 0.647. The number of ether oxygens (including phenoxy) is 1. The van der Waals surface area contributed by atoms with E-state index in [1.807, 2.05) is 6.07 Å². The number of benzene rings is 1. The van der Waals surface area contributed by atoms with Gasteiger partial charge in [-0.2, -0.15) is 5.26 Å². The Morgan fingerprint density at radius 2 is 2.00 bits per heavy atom. The number of fused-ring (bicyclic) bond motifs is 1. The van der Waals surface area contributed by atoms with Gasteiger partial charge in [0.25, 0.3) is 0 Å². The molecular weight excluding hydrogens is 254 g/mol. The van der Waals surface area contributed by atoms with Crippen LogP contribution in [0.25, 0.3) is 0 Å². The van der Waals surface area contributed by atoms with Crippen LogP contribution in [0.15, 0.2) is 29.2 Å². The predicted molar refractivity (Wildman–Crippen MR) is 60.1 cm³/mol. The highest BCUT2D eigenvalue weighted by molar-refractivity contribution is 7.94. The van der Waals surface area contributed by atoms with Crippen LogP contribution in [0, 0.1) is 17.2 Å². The van der Waals surface area contributed by atoms with Crippen LogP contribution in [0.5, 0.6) is 0 Å². The Hall–Kier alpha value is -1.87. The van der Waals surface area contributed by atoms with Gasteiger partial charge in [0.05, 0.1) is 23.1 Å². The normalized spacial score (nSPS) is 29.3. The monoisotopic (exact) mass is 263 g/mol. The van der Waals surface area contributed by atoms with Crippen LogP contribution in [-0.4, -0.2) is 25.7 Å². The lowest BCUT2D eigenvalue weighted by molar-refractivity contribution is -0.140. The SMILES string of the molecule is N#Cc1ccc(S(=O)(=O)[C@]23C[C@H]2COC3=O)cc1. The molecule has 1 aliphatic carbocycles. The minimum atomic E-state index is -3.72. The summed E-state index contributed by atoms with van der Waals surface area (Å²) in [6, 6.07) is 7.51. The van der Waals surface area contributed by atoms with Crippen LogP contribution in [0.3, 0.4) is 0 Å². The highest BCUT2D eigenvalue weighted by atomic mass is 32.2. The zero-order chi connectivity index (χ0) is 13.0. The van der Waals surface area contributed by atoms with E-state index in [9.17, 15) is 13.2 Å². The summed E-state index contributed by atoms with van der Waals surface area (Å²) < 4.78 is 28.3. The first-order chi connectivity index (χ1) is 8.52. The van der Waals surface area contributed by atoms with Gasteiger partial charge in [-0.1, -0.05) is 0 Å². The van der Waals surface area contributed by atoms with E-state index >= 15 is 0 Å². The first kappa shape index (κ1) is 11.2. The molecule has 2 atom stereocenters. The Morgan fingerprint density at radius 3 is 2.44 bits per heavy atom. The number of sulfone groups is 1. The number of esters is 1. The second-order valence-corrected chi connectivity index (χ2v) is 6.74. The van der Waals surface area contributed by atoms with Gasteiger partial charge in [-0.3, -0.25) is 4.79 Å². The van der Waals surface area contributed by atoms with Gasteiger partial charge in [0.15, 0.2) is 14.6 Å². The number of carbonyl (C=O) groups is 1. The van der Waals surface area contributed by atoms with Crippen molar-refractivity contribution in [3.05, 3.63) is 29.8 Å². The Kier molecular flexibility index (Phi) is 2.08. The number of hydrogen-bond acceptors (Lipinski definition) is 5. The van der Waals surface area contributed by atoms with Crippen molar-refractivity contribution in [3.8, 4) is 6.07 Å². The number of nitriles is 1. The topological polar surface area (TPSA) is 84.2 Å². The molecule has 1 aromatic rings. The quantitative estimate of drug-likeness (QED) is 0.731. The van der Waals surface area contributed by atoms with Crippen molar-refractivity contribution < 1.29 is 17.9 Å². The molecule has 0 unspecified atom stereocenters. The molecule has 0 N–H and O–H groups in total. The third kappa shape index (κ3) is 1.20. The molecule has 18 heavy (non-hydrogen) atoms. The van der Waals surface area contributed by atoms with Gasteiger partial charge in [0.1, 0.15) is 0 Å². The van der Waals surface area contributed by atoms with E-state index in [1.165, 1.54) is 24.3 Å². The number of carbonyl (C=O) groups excluding carboxylic acids is 1. The molecule has 0 bridgehead atoms. The van der Waals surface area contributed by atoms with E-state index in [-0.39, 0.29) is 17.4 Å². The maximum Gasteiger partial charge on any atom is 0.328 e. The summed E-state index contributed by atoms with van der Waals surface area (Å²) >= 11 is 0. The smallest absolute Gasteiger partial charge is 0.328 e. The first-order valence-electron chi connectivity index (χ1n) is 5.44. The lowest BCUT2D eigenvalue weighted by atomic mass is 10.2. The molecule has 6 heteroatoms. The van der Waals surface area contributed by atoms with E-state index in [2.05, 4.69) is 0 Å². The summed E-state index contributed by atoms with van der Waals surface area (Å²) in [4.78, 5) is 11.7. The molecule has 0 spiro atoms. The Morgan fingerprint density at radius 1 is 1.33 bits per heavy atom. The fourth-order valence-corrected chi connectivity index (χ4v) is 4.53. The van der Waals surface area contributed by atoms with E-state index < -0.39 is 20.6 Å². The lowest BCUT2D eigenvalue weighted by Gasteiger charge is -2.11. The molecular formula is C12H9NO4S. The van der Waals surface area contributed by atoms with Gasteiger partial charge in [0.2, 0.25) is 0 Å². The van der Waals surface area contributed by atoms with Crippen molar-refractivity contribution in [2.45, 2.75) is 16.1 Å². The highest BCUT2D eigenvalue weighted by Gasteiger charge is 2.74. The summed E-state index contributed by atoms with van der Waals surface area (Å²) in [5.74, 6) is -0.859. The zero-order valence-electron chi connectivity index (χ0n) is 9.29. The van der Waals surface area contributed by atoms with Crippen molar-refractivity contribution in [2.75, 3.05) is 6.61 Å². The van der Waals surface area contributed by atoms with Gasteiger partial charge >= 0.3 is 5.97 Å². The number of cyclic esters (lactones) is 1. The Bertz CT molecular complexity index is 671. The Labute approximate surface area is 104 Å². The third-order valence-electron chi connectivity index (χ3n) is 3.58.